The molecule has 3 amide bonds. The lowest BCUT2D eigenvalue weighted by atomic mass is 10.2. The Morgan fingerprint density at radius 2 is 2.33 bits per heavy atom. The lowest BCUT2D eigenvalue weighted by Crippen LogP contribution is -2.37. The van der Waals surface area contributed by atoms with Crippen LogP contribution in [0.2, 0.25) is 5.02 Å². The highest BCUT2D eigenvalue weighted by Crippen LogP contribution is 2.32. The Kier molecular flexibility index (Phi) is 4.26. The average Bonchev–Trinajstić information content (AvgIpc) is 3.11. The van der Waals surface area contributed by atoms with Gasteiger partial charge in [0.25, 0.3) is 5.89 Å². The molecule has 1 aromatic heterocycles. The van der Waals surface area contributed by atoms with E-state index in [1.165, 1.54) is 4.90 Å². The van der Waals surface area contributed by atoms with Gasteiger partial charge in [0.1, 0.15) is 6.10 Å². The van der Waals surface area contributed by atoms with E-state index in [4.69, 9.17) is 26.6 Å². The van der Waals surface area contributed by atoms with Crippen LogP contribution in [0.15, 0.2) is 22.7 Å². The van der Waals surface area contributed by atoms with Crippen molar-refractivity contribution in [3.8, 4) is 11.5 Å². The van der Waals surface area contributed by atoms with E-state index in [1.54, 1.807) is 25.1 Å². The third kappa shape index (κ3) is 3.25. The van der Waals surface area contributed by atoms with Crippen LogP contribution in [0.4, 0.5) is 15.3 Å². The van der Waals surface area contributed by atoms with Crippen LogP contribution < -0.4 is 16.0 Å². The summed E-state index contributed by atoms with van der Waals surface area (Å²) in [6, 6.07) is 4.33. The minimum absolute atomic E-state index is 0.144. The number of nitrogens with one attached hydrogen (secondary N) is 1. The van der Waals surface area contributed by atoms with Crippen molar-refractivity contribution in [2.45, 2.75) is 13.0 Å². The minimum atomic E-state index is -0.674. The highest BCUT2D eigenvalue weighted by atomic mass is 35.5. The fraction of sp³-hybridized carbons (Fsp3) is 0.286. The number of amides is 3. The maximum atomic E-state index is 12.0. The molecule has 0 bridgehead atoms. The largest absolute Gasteiger partial charge is 0.442 e. The number of ether oxygens (including phenoxy) is 1. The molecule has 3 N–H and O–H groups in total. The second-order valence-electron chi connectivity index (χ2n) is 5.17. The maximum Gasteiger partial charge on any atom is 0.414 e. The molecule has 126 valence electrons. The number of primary amides is 1. The molecule has 1 aliphatic heterocycles. The number of nitrogens with zero attached hydrogens (tertiary/aromatic N) is 3. The quantitative estimate of drug-likeness (QED) is 0.863. The van der Waals surface area contributed by atoms with E-state index < -0.39 is 18.2 Å². The number of urea groups is 1. The molecule has 9 nitrogen and oxygen atoms in total. The Hall–Kier alpha value is -2.81. The van der Waals surface area contributed by atoms with Crippen LogP contribution in [0.1, 0.15) is 5.82 Å². The fourth-order valence-electron chi connectivity index (χ4n) is 2.30. The number of cyclic esters (lactones) is 1. The zero-order valence-electron chi connectivity index (χ0n) is 12.7. The molecule has 1 unspecified atom stereocenters. The number of aromatic nitrogens is 2. The molecule has 1 atom stereocenters. The molecule has 2 aromatic rings. The van der Waals surface area contributed by atoms with Crippen molar-refractivity contribution in [2.24, 2.45) is 5.73 Å². The van der Waals surface area contributed by atoms with E-state index >= 15 is 0 Å². The fourth-order valence-corrected chi connectivity index (χ4v) is 2.56. The van der Waals surface area contributed by atoms with E-state index in [0.29, 0.717) is 28.0 Å². The van der Waals surface area contributed by atoms with Gasteiger partial charge in [0.15, 0.2) is 5.82 Å². The second-order valence-corrected chi connectivity index (χ2v) is 5.58. The number of hydrogen-bond acceptors (Lipinski definition) is 6. The first-order chi connectivity index (χ1) is 11.4. The summed E-state index contributed by atoms with van der Waals surface area (Å²) in [6.07, 6.45) is -1.01. The summed E-state index contributed by atoms with van der Waals surface area (Å²) in [4.78, 5) is 28.2. The Balaban J connectivity index is 1.77. The van der Waals surface area contributed by atoms with Crippen molar-refractivity contribution >= 4 is 29.4 Å². The van der Waals surface area contributed by atoms with Crippen molar-refractivity contribution in [3.05, 3.63) is 29.0 Å². The summed E-state index contributed by atoms with van der Waals surface area (Å²) in [5.41, 5.74) is 6.13. The van der Waals surface area contributed by atoms with Crippen LogP contribution in [0.3, 0.4) is 0 Å². The van der Waals surface area contributed by atoms with Gasteiger partial charge in [-0.05, 0) is 25.1 Å². The molecule has 1 saturated heterocycles. The van der Waals surface area contributed by atoms with Gasteiger partial charge >= 0.3 is 12.1 Å². The Morgan fingerprint density at radius 3 is 2.96 bits per heavy atom. The monoisotopic (exact) mass is 351 g/mol. The highest BCUT2D eigenvalue weighted by molar-refractivity contribution is 6.33. The SMILES string of the molecule is Cc1noc(-c2ccc(N3CC(CNC(N)=O)OC3=O)cc2Cl)n1. The number of carbonyl (C=O) groups is 2. The first-order valence-electron chi connectivity index (χ1n) is 7.05. The number of hydrogen-bond donors (Lipinski definition) is 2. The Bertz CT molecular complexity index is 793. The smallest absolute Gasteiger partial charge is 0.414 e. The van der Waals surface area contributed by atoms with Gasteiger partial charge in [-0.1, -0.05) is 16.8 Å². The summed E-state index contributed by atoms with van der Waals surface area (Å²) in [6.45, 7) is 2.12. The first kappa shape index (κ1) is 16.1. The van der Waals surface area contributed by atoms with Crippen LogP contribution in [-0.4, -0.2) is 41.5 Å². The van der Waals surface area contributed by atoms with E-state index in [1.807, 2.05) is 0 Å². The third-order valence-electron chi connectivity index (χ3n) is 3.40. The molecule has 0 saturated carbocycles. The predicted molar refractivity (Wildman–Crippen MR) is 84.7 cm³/mol. The summed E-state index contributed by atoms with van der Waals surface area (Å²) >= 11 is 6.26. The molecule has 1 aliphatic rings. The Labute approximate surface area is 141 Å². The summed E-state index contributed by atoms with van der Waals surface area (Å²) in [7, 11) is 0. The minimum Gasteiger partial charge on any atom is -0.442 e. The molecular weight excluding hydrogens is 338 g/mol. The number of anilines is 1. The van der Waals surface area contributed by atoms with Gasteiger partial charge in [-0.3, -0.25) is 4.90 Å². The normalized spacial score (nSPS) is 17.0. The predicted octanol–water partition coefficient (Wildman–Crippen LogP) is 1.69. The number of halogens is 1. The molecule has 10 heteroatoms. The van der Waals surface area contributed by atoms with Gasteiger partial charge in [0, 0.05) is 5.69 Å². The van der Waals surface area contributed by atoms with E-state index in [0.717, 1.165) is 0 Å². The van der Waals surface area contributed by atoms with Crippen LogP contribution >= 0.6 is 11.6 Å². The van der Waals surface area contributed by atoms with Gasteiger partial charge in [-0.25, -0.2) is 9.59 Å². The van der Waals surface area contributed by atoms with E-state index in [2.05, 4.69) is 15.5 Å². The first-order valence-corrected chi connectivity index (χ1v) is 7.43. The number of carbonyl (C=O) groups excluding carboxylic acids is 2. The van der Waals surface area contributed by atoms with Gasteiger partial charge < -0.3 is 20.3 Å². The van der Waals surface area contributed by atoms with Gasteiger partial charge in [-0.15, -0.1) is 0 Å². The molecule has 1 aromatic carbocycles. The Morgan fingerprint density at radius 1 is 1.54 bits per heavy atom. The number of benzene rings is 1. The number of nitrogens with two attached hydrogens (primary N) is 1. The van der Waals surface area contributed by atoms with Crippen LogP contribution in [0, 0.1) is 6.92 Å². The van der Waals surface area contributed by atoms with Crippen molar-refractivity contribution in [1.82, 2.24) is 15.5 Å². The van der Waals surface area contributed by atoms with E-state index in [-0.39, 0.29) is 13.1 Å². The molecule has 24 heavy (non-hydrogen) atoms. The van der Waals surface area contributed by atoms with E-state index in [9.17, 15) is 9.59 Å². The van der Waals surface area contributed by atoms with Crippen LogP contribution in [-0.2, 0) is 4.74 Å². The standard InChI is InChI=1S/C14H14ClN5O4/c1-7-18-12(24-19-7)10-3-2-8(4-11(10)15)20-6-9(23-14(20)22)5-17-13(16)21/h2-4,9H,5-6H2,1H3,(H3,16,17,21). The highest BCUT2D eigenvalue weighted by Gasteiger charge is 2.32. The maximum absolute atomic E-state index is 12.0. The average molecular weight is 352 g/mol. The van der Waals surface area contributed by atoms with Crippen molar-refractivity contribution in [2.75, 3.05) is 18.0 Å². The lowest BCUT2D eigenvalue weighted by Gasteiger charge is -2.14. The molecule has 3 rings (SSSR count). The van der Waals surface area contributed by atoms with Gasteiger partial charge in [0.05, 0.1) is 23.7 Å². The van der Waals surface area contributed by atoms with Crippen molar-refractivity contribution in [1.29, 1.82) is 0 Å². The van der Waals surface area contributed by atoms with Gasteiger partial charge in [0.2, 0.25) is 0 Å². The summed E-state index contributed by atoms with van der Waals surface area (Å²) in [5, 5.41) is 6.49. The molecule has 0 aliphatic carbocycles. The molecular formula is C14H14ClN5O4. The molecule has 1 fully saturated rings. The zero-order chi connectivity index (χ0) is 17.3. The number of aryl methyl sites for hydroxylation is 1. The molecule has 0 radical (unpaired) electrons. The summed E-state index contributed by atoms with van der Waals surface area (Å²) < 4.78 is 10.3. The summed E-state index contributed by atoms with van der Waals surface area (Å²) in [5.74, 6) is 0.801. The third-order valence-corrected chi connectivity index (χ3v) is 3.71. The van der Waals surface area contributed by atoms with Crippen LogP contribution in [0.25, 0.3) is 11.5 Å². The van der Waals surface area contributed by atoms with Crippen LogP contribution in [0.5, 0.6) is 0 Å². The molecule has 2 heterocycles. The van der Waals surface area contributed by atoms with Crippen molar-refractivity contribution in [3.63, 3.8) is 0 Å². The zero-order valence-corrected chi connectivity index (χ0v) is 13.4. The van der Waals surface area contributed by atoms with Gasteiger partial charge in [-0.2, -0.15) is 4.98 Å². The topological polar surface area (TPSA) is 124 Å². The second kappa shape index (κ2) is 6.36. The number of rotatable bonds is 4. The molecule has 0 spiro atoms. The van der Waals surface area contributed by atoms with Crippen molar-refractivity contribution < 1.29 is 18.8 Å². The lowest BCUT2D eigenvalue weighted by molar-refractivity contribution is 0.141.